The van der Waals surface area contributed by atoms with Gasteiger partial charge in [-0.3, -0.25) is 4.79 Å². The van der Waals surface area contributed by atoms with E-state index in [9.17, 15) is 9.18 Å². The van der Waals surface area contributed by atoms with Crippen LogP contribution in [0.3, 0.4) is 0 Å². The van der Waals surface area contributed by atoms with Crippen LogP contribution >= 0.6 is 35.1 Å². The van der Waals surface area contributed by atoms with Gasteiger partial charge in [-0.2, -0.15) is 4.37 Å². The van der Waals surface area contributed by atoms with Gasteiger partial charge in [-0.05, 0) is 42.1 Å². The predicted molar refractivity (Wildman–Crippen MR) is 82.1 cm³/mol. The first-order chi connectivity index (χ1) is 9.67. The van der Waals surface area contributed by atoms with Gasteiger partial charge in [0.25, 0.3) is 0 Å². The van der Waals surface area contributed by atoms with Gasteiger partial charge in [-0.25, -0.2) is 9.37 Å². The summed E-state index contributed by atoms with van der Waals surface area (Å²) in [4.78, 5) is 16.0. The van der Waals surface area contributed by atoms with E-state index in [0.29, 0.717) is 17.9 Å². The first-order valence-corrected chi connectivity index (χ1v) is 8.71. The van der Waals surface area contributed by atoms with E-state index in [1.807, 2.05) is 6.26 Å². The molecule has 0 aliphatic rings. The zero-order valence-electron chi connectivity index (χ0n) is 10.6. The molecule has 0 aliphatic carbocycles. The van der Waals surface area contributed by atoms with E-state index in [1.54, 1.807) is 0 Å². The van der Waals surface area contributed by atoms with Gasteiger partial charge in [-0.1, -0.05) is 23.5 Å². The second-order valence-electron chi connectivity index (χ2n) is 3.70. The highest BCUT2D eigenvalue weighted by Gasteiger charge is 2.06. The second kappa shape index (κ2) is 7.61. The number of thioether (sulfide) groups is 2. The van der Waals surface area contributed by atoms with Crippen molar-refractivity contribution in [1.82, 2.24) is 9.36 Å². The lowest BCUT2D eigenvalue weighted by Crippen LogP contribution is -2.12. The fraction of sp³-hybridized carbons (Fsp3) is 0.250. The molecule has 0 saturated heterocycles. The van der Waals surface area contributed by atoms with Crippen LogP contribution in [0.25, 0.3) is 0 Å². The Morgan fingerprint density at radius 3 is 2.80 bits per heavy atom. The molecular weight excluding hydrogens is 317 g/mol. The van der Waals surface area contributed by atoms with Gasteiger partial charge in [0.15, 0.2) is 4.34 Å². The van der Waals surface area contributed by atoms with Gasteiger partial charge in [-0.15, -0.1) is 0 Å². The zero-order chi connectivity index (χ0) is 14.4. The number of carbonyl (C=O) groups is 1. The van der Waals surface area contributed by atoms with Gasteiger partial charge < -0.3 is 5.32 Å². The Labute approximate surface area is 128 Å². The minimum absolute atomic E-state index is 0.0984. The molecule has 1 amide bonds. The van der Waals surface area contributed by atoms with E-state index in [-0.39, 0.29) is 11.7 Å². The molecule has 8 heteroatoms. The Balaban J connectivity index is 1.73. The molecule has 0 fully saturated rings. The summed E-state index contributed by atoms with van der Waals surface area (Å²) in [5, 5.41) is 3.47. The highest BCUT2D eigenvalue weighted by molar-refractivity contribution is 8.01. The number of rotatable bonds is 6. The molecule has 0 radical (unpaired) electrons. The smallest absolute Gasteiger partial charge is 0.225 e. The molecule has 1 heterocycles. The Kier molecular flexibility index (Phi) is 5.81. The maximum Gasteiger partial charge on any atom is 0.225 e. The van der Waals surface area contributed by atoms with Crippen molar-refractivity contribution in [1.29, 1.82) is 0 Å². The molecule has 1 aromatic heterocycles. The first-order valence-electron chi connectivity index (χ1n) is 5.73. The van der Waals surface area contributed by atoms with Crippen molar-refractivity contribution in [2.24, 2.45) is 0 Å². The largest absolute Gasteiger partial charge is 0.326 e. The SMILES string of the molecule is CSc1nsc(SCCC(=O)Nc2ccc(F)cc2)n1. The summed E-state index contributed by atoms with van der Waals surface area (Å²) in [5.41, 5.74) is 0.599. The lowest BCUT2D eigenvalue weighted by atomic mass is 10.3. The third-order valence-electron chi connectivity index (χ3n) is 2.25. The number of nitrogens with one attached hydrogen (secondary N) is 1. The van der Waals surface area contributed by atoms with Crippen molar-refractivity contribution >= 4 is 46.7 Å². The van der Waals surface area contributed by atoms with Gasteiger partial charge in [0.05, 0.1) is 0 Å². The Hall–Kier alpha value is -1.12. The second-order valence-corrected chi connectivity index (χ2v) is 6.57. The third kappa shape index (κ3) is 4.77. The van der Waals surface area contributed by atoms with E-state index in [2.05, 4.69) is 14.7 Å². The average molecular weight is 329 g/mol. The number of aromatic nitrogens is 2. The molecule has 2 aromatic rings. The number of benzene rings is 1. The molecule has 1 aromatic carbocycles. The number of hydrogen-bond acceptors (Lipinski definition) is 6. The summed E-state index contributed by atoms with van der Waals surface area (Å²) >= 11 is 4.34. The molecule has 2 rings (SSSR count). The van der Waals surface area contributed by atoms with Crippen LogP contribution in [0.4, 0.5) is 10.1 Å². The van der Waals surface area contributed by atoms with Crippen molar-refractivity contribution in [3.8, 4) is 0 Å². The fourth-order valence-electron chi connectivity index (χ4n) is 1.33. The lowest BCUT2D eigenvalue weighted by molar-refractivity contribution is -0.115. The van der Waals surface area contributed by atoms with Crippen LogP contribution in [-0.2, 0) is 4.79 Å². The van der Waals surface area contributed by atoms with E-state index in [4.69, 9.17) is 0 Å². The van der Waals surface area contributed by atoms with Crippen LogP contribution in [0.15, 0.2) is 33.8 Å². The zero-order valence-corrected chi connectivity index (χ0v) is 13.1. The van der Waals surface area contributed by atoms with Crippen LogP contribution in [0, 0.1) is 5.82 Å². The predicted octanol–water partition coefficient (Wildman–Crippen LogP) is 3.52. The molecule has 0 aliphatic heterocycles. The van der Waals surface area contributed by atoms with Crippen molar-refractivity contribution < 1.29 is 9.18 Å². The Bertz CT molecular complexity index is 574. The van der Waals surface area contributed by atoms with Crippen molar-refractivity contribution in [2.75, 3.05) is 17.3 Å². The maximum atomic E-state index is 12.7. The van der Waals surface area contributed by atoms with Gasteiger partial charge in [0, 0.05) is 17.9 Å². The molecule has 0 saturated carbocycles. The summed E-state index contributed by atoms with van der Waals surface area (Å²) in [6.45, 7) is 0. The first kappa shape index (κ1) is 15.3. The van der Waals surface area contributed by atoms with Gasteiger partial charge in [0.2, 0.25) is 11.1 Å². The highest BCUT2D eigenvalue weighted by Crippen LogP contribution is 2.24. The highest BCUT2D eigenvalue weighted by atomic mass is 32.2. The minimum atomic E-state index is -0.320. The lowest BCUT2D eigenvalue weighted by Gasteiger charge is -2.04. The maximum absolute atomic E-state index is 12.7. The number of hydrogen-bond donors (Lipinski definition) is 1. The van der Waals surface area contributed by atoms with E-state index in [0.717, 1.165) is 9.50 Å². The summed E-state index contributed by atoms with van der Waals surface area (Å²) in [6, 6.07) is 5.71. The van der Waals surface area contributed by atoms with E-state index in [1.165, 1.54) is 59.3 Å². The molecule has 0 bridgehead atoms. The summed E-state index contributed by atoms with van der Waals surface area (Å²) in [6.07, 6.45) is 2.29. The van der Waals surface area contributed by atoms with Crippen molar-refractivity contribution in [2.45, 2.75) is 15.9 Å². The molecule has 106 valence electrons. The van der Waals surface area contributed by atoms with Crippen LogP contribution < -0.4 is 5.32 Å². The van der Waals surface area contributed by atoms with Crippen molar-refractivity contribution in [3.63, 3.8) is 0 Å². The summed E-state index contributed by atoms with van der Waals surface area (Å²) in [7, 11) is 0. The monoisotopic (exact) mass is 329 g/mol. The quantitative estimate of drug-likeness (QED) is 0.822. The van der Waals surface area contributed by atoms with Crippen LogP contribution in [0.1, 0.15) is 6.42 Å². The summed E-state index contributed by atoms with van der Waals surface area (Å²) in [5.74, 6) is 0.217. The number of carbonyl (C=O) groups excluding carboxylic acids is 1. The third-order valence-corrected chi connectivity index (χ3v) is 4.75. The Morgan fingerprint density at radius 2 is 2.15 bits per heavy atom. The van der Waals surface area contributed by atoms with Gasteiger partial charge in [0.1, 0.15) is 5.82 Å². The van der Waals surface area contributed by atoms with Crippen LogP contribution in [0.5, 0.6) is 0 Å². The molecule has 0 unspecified atom stereocenters. The molecular formula is C12H12FN3OS3. The average Bonchev–Trinajstić information content (AvgIpc) is 2.89. The number of anilines is 1. The number of amides is 1. The standard InChI is InChI=1S/C12H12FN3OS3/c1-18-11-15-12(20-16-11)19-7-6-10(17)14-9-4-2-8(13)3-5-9/h2-5H,6-7H2,1H3,(H,14,17). The molecule has 1 N–H and O–H groups in total. The minimum Gasteiger partial charge on any atom is -0.326 e. The number of halogens is 1. The van der Waals surface area contributed by atoms with Crippen LogP contribution in [-0.4, -0.2) is 27.3 Å². The van der Waals surface area contributed by atoms with Crippen molar-refractivity contribution in [3.05, 3.63) is 30.1 Å². The molecule has 4 nitrogen and oxygen atoms in total. The topological polar surface area (TPSA) is 54.9 Å². The normalized spacial score (nSPS) is 10.5. The Morgan fingerprint density at radius 1 is 1.40 bits per heavy atom. The van der Waals surface area contributed by atoms with E-state index < -0.39 is 0 Å². The molecule has 20 heavy (non-hydrogen) atoms. The van der Waals surface area contributed by atoms with Crippen LogP contribution in [0.2, 0.25) is 0 Å². The van der Waals surface area contributed by atoms with Gasteiger partial charge >= 0.3 is 0 Å². The fourth-order valence-corrected chi connectivity index (χ4v) is 3.54. The molecule has 0 atom stereocenters. The summed E-state index contributed by atoms with van der Waals surface area (Å²) < 4.78 is 17.7. The number of nitrogens with zero attached hydrogens (tertiary/aromatic N) is 2. The van der Waals surface area contributed by atoms with E-state index >= 15 is 0 Å². The molecule has 0 spiro atoms.